The minimum Gasteiger partial charge on any atom is -0.493 e. The van der Waals surface area contributed by atoms with E-state index in [2.05, 4.69) is 5.32 Å². The second-order valence-corrected chi connectivity index (χ2v) is 9.65. The lowest BCUT2D eigenvalue weighted by molar-refractivity contribution is -0.137. The lowest BCUT2D eigenvalue weighted by atomic mass is 10.1. The van der Waals surface area contributed by atoms with Gasteiger partial charge in [-0.15, -0.1) is 0 Å². The molecule has 2 amide bonds. The Balaban J connectivity index is 2.33. The fourth-order valence-electron chi connectivity index (χ4n) is 3.16. The van der Waals surface area contributed by atoms with E-state index in [1.807, 2.05) is 27.7 Å². The van der Waals surface area contributed by atoms with Gasteiger partial charge in [-0.05, 0) is 55.3 Å². The molecule has 0 spiro atoms. The number of hydrogen-bond acceptors (Lipinski definition) is 6. The topological polar surface area (TPSA) is 102 Å². The number of nitrogens with zero attached hydrogens (tertiary/aromatic N) is 1. The predicted molar refractivity (Wildman–Crippen MR) is 127 cm³/mol. The van der Waals surface area contributed by atoms with Gasteiger partial charge in [0, 0.05) is 31.1 Å². The third kappa shape index (κ3) is 6.95. The average molecular weight is 477 g/mol. The average Bonchev–Trinajstić information content (AvgIpc) is 2.76. The van der Waals surface area contributed by atoms with E-state index in [0.29, 0.717) is 12.2 Å². The molecular formula is C24H32N2O6S. The first-order valence-electron chi connectivity index (χ1n) is 10.8. The quantitative estimate of drug-likeness (QED) is 0.516. The van der Waals surface area contributed by atoms with E-state index < -0.39 is 10.1 Å². The number of methoxy groups -OCH3 is 1. The van der Waals surface area contributed by atoms with Gasteiger partial charge in [-0.25, -0.2) is 0 Å². The van der Waals surface area contributed by atoms with Gasteiger partial charge in [-0.1, -0.05) is 26.8 Å². The van der Waals surface area contributed by atoms with Gasteiger partial charge in [-0.2, -0.15) is 8.42 Å². The van der Waals surface area contributed by atoms with Gasteiger partial charge in [0.15, 0.2) is 11.5 Å². The molecule has 0 saturated carbocycles. The van der Waals surface area contributed by atoms with Crippen LogP contribution in [0.1, 0.15) is 46.6 Å². The molecule has 2 rings (SSSR count). The fraction of sp³-hybridized carbons (Fsp3) is 0.417. The van der Waals surface area contributed by atoms with Crippen LogP contribution in [0.4, 0.5) is 5.69 Å². The third-order valence-corrected chi connectivity index (χ3v) is 6.39. The van der Waals surface area contributed by atoms with Crippen LogP contribution >= 0.6 is 0 Å². The summed E-state index contributed by atoms with van der Waals surface area (Å²) < 4.78 is 36.4. The highest BCUT2D eigenvalue weighted by Gasteiger charge is 2.24. The number of rotatable bonds is 10. The van der Waals surface area contributed by atoms with Crippen molar-refractivity contribution in [2.45, 2.75) is 58.5 Å². The zero-order valence-corrected chi connectivity index (χ0v) is 20.7. The standard InChI is InChI=1S/C24H32N2O6S/c1-7-17(4)26(24(28)16(2)3)15-19-8-13-22(31-6)23(14-19)32-33(29,30)21-11-9-20(10-12-21)25-18(5)27/h8-14,16-17H,7,15H2,1-6H3,(H,25,27). The third-order valence-electron chi connectivity index (χ3n) is 5.14. The highest BCUT2D eigenvalue weighted by molar-refractivity contribution is 7.87. The van der Waals surface area contributed by atoms with Crippen LogP contribution < -0.4 is 14.2 Å². The Labute approximate surface area is 196 Å². The molecule has 0 aliphatic carbocycles. The maximum atomic E-state index is 12.9. The summed E-state index contributed by atoms with van der Waals surface area (Å²) in [6.45, 7) is 9.38. The summed E-state index contributed by atoms with van der Waals surface area (Å²) in [6.07, 6.45) is 0.792. The van der Waals surface area contributed by atoms with E-state index in [-0.39, 0.29) is 40.2 Å². The molecule has 0 heterocycles. The minimum atomic E-state index is -4.16. The number of hydrogen-bond donors (Lipinski definition) is 1. The SMILES string of the molecule is CCC(C)N(Cc1ccc(OC)c(OS(=O)(=O)c2ccc(NC(C)=O)cc2)c1)C(=O)C(C)C. The van der Waals surface area contributed by atoms with E-state index in [9.17, 15) is 18.0 Å². The molecule has 2 aromatic rings. The van der Waals surface area contributed by atoms with Crippen molar-refractivity contribution >= 4 is 27.6 Å². The van der Waals surface area contributed by atoms with Gasteiger partial charge < -0.3 is 19.1 Å². The molecule has 0 aliphatic rings. The van der Waals surface area contributed by atoms with Crippen molar-refractivity contribution < 1.29 is 26.9 Å². The van der Waals surface area contributed by atoms with Crippen LogP contribution in [0, 0.1) is 5.92 Å². The maximum Gasteiger partial charge on any atom is 0.339 e. The van der Waals surface area contributed by atoms with Crippen molar-refractivity contribution in [1.82, 2.24) is 4.90 Å². The van der Waals surface area contributed by atoms with E-state index in [4.69, 9.17) is 8.92 Å². The molecule has 33 heavy (non-hydrogen) atoms. The summed E-state index contributed by atoms with van der Waals surface area (Å²) in [7, 11) is -2.74. The smallest absolute Gasteiger partial charge is 0.339 e. The fourth-order valence-corrected chi connectivity index (χ4v) is 4.09. The number of amides is 2. The van der Waals surface area contributed by atoms with Gasteiger partial charge in [0.05, 0.1) is 7.11 Å². The lowest BCUT2D eigenvalue weighted by Crippen LogP contribution is -2.40. The Bertz CT molecular complexity index is 1080. The molecular weight excluding hydrogens is 444 g/mol. The van der Waals surface area contributed by atoms with Crippen LogP contribution in [-0.2, 0) is 26.3 Å². The van der Waals surface area contributed by atoms with Crippen molar-refractivity contribution in [2.75, 3.05) is 12.4 Å². The maximum absolute atomic E-state index is 12.9. The molecule has 0 bridgehead atoms. The van der Waals surface area contributed by atoms with E-state index >= 15 is 0 Å². The number of carbonyl (C=O) groups is 2. The van der Waals surface area contributed by atoms with Crippen molar-refractivity contribution in [3.05, 3.63) is 48.0 Å². The molecule has 0 radical (unpaired) electrons. The monoisotopic (exact) mass is 476 g/mol. The zero-order chi connectivity index (χ0) is 24.8. The van der Waals surface area contributed by atoms with E-state index in [1.54, 1.807) is 23.1 Å². The molecule has 1 atom stereocenters. The largest absolute Gasteiger partial charge is 0.493 e. The second kappa shape index (κ2) is 11.2. The first-order valence-corrected chi connectivity index (χ1v) is 12.2. The Hall–Kier alpha value is -3.07. The molecule has 1 unspecified atom stereocenters. The first kappa shape index (κ1) is 26.2. The van der Waals surface area contributed by atoms with Crippen LogP contribution in [0.5, 0.6) is 11.5 Å². The molecule has 0 aromatic heterocycles. The number of nitrogens with one attached hydrogen (secondary N) is 1. The van der Waals surface area contributed by atoms with Crippen molar-refractivity contribution in [2.24, 2.45) is 5.92 Å². The summed E-state index contributed by atoms with van der Waals surface area (Å²) in [5.41, 5.74) is 1.19. The highest BCUT2D eigenvalue weighted by Crippen LogP contribution is 2.32. The first-order chi connectivity index (χ1) is 15.5. The van der Waals surface area contributed by atoms with Crippen LogP contribution in [0.15, 0.2) is 47.4 Å². The van der Waals surface area contributed by atoms with Gasteiger partial charge in [0.25, 0.3) is 0 Å². The highest BCUT2D eigenvalue weighted by atomic mass is 32.2. The number of benzene rings is 2. The molecule has 9 heteroatoms. The molecule has 0 saturated heterocycles. The van der Waals surface area contributed by atoms with Crippen LogP contribution in [-0.4, -0.2) is 38.3 Å². The summed E-state index contributed by atoms with van der Waals surface area (Å²) in [5, 5.41) is 2.58. The van der Waals surface area contributed by atoms with Gasteiger partial charge in [0.1, 0.15) is 4.90 Å². The van der Waals surface area contributed by atoms with Crippen molar-refractivity contribution in [1.29, 1.82) is 0 Å². The normalized spacial score (nSPS) is 12.2. The zero-order valence-electron chi connectivity index (χ0n) is 19.9. The van der Waals surface area contributed by atoms with E-state index in [1.165, 1.54) is 38.3 Å². The Morgan fingerprint density at radius 1 is 1.03 bits per heavy atom. The summed E-state index contributed by atoms with van der Waals surface area (Å²) >= 11 is 0. The van der Waals surface area contributed by atoms with Gasteiger partial charge in [-0.3, -0.25) is 9.59 Å². The Morgan fingerprint density at radius 2 is 1.67 bits per heavy atom. The molecule has 0 aliphatic heterocycles. The minimum absolute atomic E-state index is 0.0227. The lowest BCUT2D eigenvalue weighted by Gasteiger charge is -2.30. The molecule has 8 nitrogen and oxygen atoms in total. The summed E-state index contributed by atoms with van der Waals surface area (Å²) in [4.78, 5) is 25.6. The predicted octanol–water partition coefficient (Wildman–Crippen LogP) is 4.20. The van der Waals surface area contributed by atoms with Crippen LogP contribution in [0.2, 0.25) is 0 Å². The molecule has 1 N–H and O–H groups in total. The molecule has 2 aromatic carbocycles. The number of ether oxygens (including phenoxy) is 1. The Kier molecular flexibility index (Phi) is 8.87. The summed E-state index contributed by atoms with van der Waals surface area (Å²) in [5.74, 6) is -0.112. The van der Waals surface area contributed by atoms with Crippen molar-refractivity contribution in [3.8, 4) is 11.5 Å². The molecule has 180 valence electrons. The second-order valence-electron chi connectivity index (χ2n) is 8.11. The van der Waals surface area contributed by atoms with Crippen LogP contribution in [0.3, 0.4) is 0 Å². The van der Waals surface area contributed by atoms with Gasteiger partial charge in [0.2, 0.25) is 11.8 Å². The number of anilines is 1. The van der Waals surface area contributed by atoms with Crippen LogP contribution in [0.25, 0.3) is 0 Å². The van der Waals surface area contributed by atoms with Gasteiger partial charge >= 0.3 is 10.1 Å². The number of carbonyl (C=O) groups excluding carboxylic acids is 2. The Morgan fingerprint density at radius 3 is 2.18 bits per heavy atom. The summed E-state index contributed by atoms with van der Waals surface area (Å²) in [6, 6.07) is 10.7. The van der Waals surface area contributed by atoms with Crippen molar-refractivity contribution in [3.63, 3.8) is 0 Å². The molecule has 0 fully saturated rings. The van der Waals surface area contributed by atoms with E-state index in [0.717, 1.165) is 12.0 Å².